The summed E-state index contributed by atoms with van der Waals surface area (Å²) in [5.74, 6) is -2.10. The molecule has 1 aliphatic carbocycles. The molecule has 1 aromatic rings. The van der Waals surface area contributed by atoms with Crippen LogP contribution in [0.15, 0.2) is 35.5 Å². The van der Waals surface area contributed by atoms with Crippen LogP contribution in [0, 0.1) is 18.8 Å². The Hall–Kier alpha value is -2.43. The fourth-order valence-corrected chi connectivity index (χ4v) is 3.77. The fourth-order valence-electron chi connectivity index (χ4n) is 3.77. The zero-order chi connectivity index (χ0) is 17.4. The summed E-state index contributed by atoms with van der Waals surface area (Å²) in [6.07, 6.45) is 0.713. The number of aryl methyl sites for hydroxylation is 1. The van der Waals surface area contributed by atoms with Gasteiger partial charge in [0, 0.05) is 23.6 Å². The van der Waals surface area contributed by atoms with Gasteiger partial charge in [-0.3, -0.25) is 14.4 Å². The molecule has 1 aliphatic heterocycles. The molecule has 0 saturated heterocycles. The molecule has 1 amide bonds. The zero-order valence-electron chi connectivity index (χ0n) is 14.1. The van der Waals surface area contributed by atoms with E-state index in [2.05, 4.69) is 5.32 Å². The minimum atomic E-state index is -0.795. The summed E-state index contributed by atoms with van der Waals surface area (Å²) in [5.41, 5.74) is 3.23. The van der Waals surface area contributed by atoms with Crippen molar-refractivity contribution < 1.29 is 19.1 Å². The summed E-state index contributed by atoms with van der Waals surface area (Å²) in [5, 5.41) is 2.84. The van der Waals surface area contributed by atoms with Crippen molar-refractivity contribution in [1.29, 1.82) is 0 Å². The number of ether oxygens (including phenoxy) is 1. The molecule has 2 aliphatic rings. The van der Waals surface area contributed by atoms with E-state index in [0.29, 0.717) is 17.7 Å². The minimum absolute atomic E-state index is 0.0863. The molecule has 0 spiro atoms. The van der Waals surface area contributed by atoms with Gasteiger partial charge in [-0.05, 0) is 24.8 Å². The van der Waals surface area contributed by atoms with Crippen LogP contribution in [0.5, 0.6) is 0 Å². The van der Waals surface area contributed by atoms with Crippen LogP contribution in [-0.2, 0) is 19.1 Å². The van der Waals surface area contributed by atoms with Gasteiger partial charge in [-0.15, -0.1) is 0 Å². The highest BCUT2D eigenvalue weighted by Gasteiger charge is 2.45. The number of hydrogen-bond donors (Lipinski definition) is 1. The number of nitrogens with one attached hydrogen (secondary N) is 1. The molecule has 1 aromatic carbocycles. The SMILES string of the molecule is COC(=O)[C@H]1C(=O)C2=C(C[C@H]1C)NC(=O)C[C@@H]2c1cccc(C)c1. The van der Waals surface area contributed by atoms with E-state index in [1.54, 1.807) is 0 Å². The van der Waals surface area contributed by atoms with Crippen LogP contribution in [0.3, 0.4) is 0 Å². The Morgan fingerprint density at radius 2 is 2.00 bits per heavy atom. The average Bonchev–Trinajstić information content (AvgIpc) is 2.53. The van der Waals surface area contributed by atoms with Crippen LogP contribution >= 0.6 is 0 Å². The predicted octanol–water partition coefficient (Wildman–Crippen LogP) is 2.25. The number of carbonyl (C=O) groups excluding carboxylic acids is 3. The molecule has 3 rings (SSSR count). The van der Waals surface area contributed by atoms with Gasteiger partial charge >= 0.3 is 5.97 Å². The van der Waals surface area contributed by atoms with E-state index in [1.807, 2.05) is 38.1 Å². The Morgan fingerprint density at radius 1 is 1.25 bits per heavy atom. The third kappa shape index (κ3) is 2.75. The first-order chi connectivity index (χ1) is 11.4. The Bertz CT molecular complexity index is 749. The number of methoxy groups -OCH3 is 1. The van der Waals surface area contributed by atoms with Gasteiger partial charge in [-0.25, -0.2) is 0 Å². The lowest BCUT2D eigenvalue weighted by atomic mass is 9.70. The van der Waals surface area contributed by atoms with Gasteiger partial charge in [-0.2, -0.15) is 0 Å². The molecule has 3 atom stereocenters. The van der Waals surface area contributed by atoms with Gasteiger partial charge in [0.2, 0.25) is 5.91 Å². The van der Waals surface area contributed by atoms with E-state index in [9.17, 15) is 14.4 Å². The largest absolute Gasteiger partial charge is 0.468 e. The second-order valence-corrected chi connectivity index (χ2v) is 6.66. The van der Waals surface area contributed by atoms with E-state index >= 15 is 0 Å². The summed E-state index contributed by atoms with van der Waals surface area (Å²) in [4.78, 5) is 37.2. The van der Waals surface area contributed by atoms with Crippen LogP contribution in [0.2, 0.25) is 0 Å². The van der Waals surface area contributed by atoms with Crippen LogP contribution in [0.4, 0.5) is 0 Å². The maximum absolute atomic E-state index is 13.0. The van der Waals surface area contributed by atoms with Gasteiger partial charge in [-0.1, -0.05) is 36.8 Å². The number of allylic oxidation sites excluding steroid dienone is 2. The number of hydrogen-bond acceptors (Lipinski definition) is 4. The molecule has 24 heavy (non-hydrogen) atoms. The predicted molar refractivity (Wildman–Crippen MR) is 88.0 cm³/mol. The Morgan fingerprint density at radius 3 is 2.67 bits per heavy atom. The van der Waals surface area contributed by atoms with Crippen molar-refractivity contribution in [2.75, 3.05) is 7.11 Å². The van der Waals surface area contributed by atoms with Crippen molar-refractivity contribution in [2.45, 2.75) is 32.6 Å². The monoisotopic (exact) mass is 327 g/mol. The van der Waals surface area contributed by atoms with Crippen molar-refractivity contribution >= 4 is 17.7 Å². The second kappa shape index (κ2) is 6.23. The summed E-state index contributed by atoms with van der Waals surface area (Å²) in [6.45, 7) is 3.81. The number of esters is 1. The third-order valence-corrected chi connectivity index (χ3v) is 4.90. The maximum Gasteiger partial charge on any atom is 0.316 e. The molecule has 0 saturated carbocycles. The number of Topliss-reactive ketones (excluding diaryl/α,β-unsaturated/α-hetero) is 1. The normalized spacial score (nSPS) is 26.7. The molecule has 5 nitrogen and oxygen atoms in total. The Kier molecular flexibility index (Phi) is 4.26. The van der Waals surface area contributed by atoms with Crippen molar-refractivity contribution in [3.8, 4) is 0 Å². The molecule has 0 radical (unpaired) electrons. The molecule has 1 heterocycles. The van der Waals surface area contributed by atoms with Crippen molar-refractivity contribution in [3.05, 3.63) is 46.7 Å². The molecule has 0 unspecified atom stereocenters. The molecule has 5 heteroatoms. The first kappa shape index (κ1) is 16.4. The van der Waals surface area contributed by atoms with Gasteiger partial charge in [0.1, 0.15) is 5.92 Å². The van der Waals surface area contributed by atoms with Crippen molar-refractivity contribution in [3.63, 3.8) is 0 Å². The number of carbonyl (C=O) groups is 3. The molecular formula is C19H21NO4. The highest BCUT2D eigenvalue weighted by atomic mass is 16.5. The molecule has 0 aromatic heterocycles. The second-order valence-electron chi connectivity index (χ2n) is 6.66. The Labute approximate surface area is 141 Å². The van der Waals surface area contributed by atoms with Crippen molar-refractivity contribution in [2.24, 2.45) is 11.8 Å². The maximum atomic E-state index is 13.0. The number of rotatable bonds is 2. The van der Waals surface area contributed by atoms with E-state index in [4.69, 9.17) is 4.74 Å². The van der Waals surface area contributed by atoms with Crippen LogP contribution in [-0.4, -0.2) is 24.8 Å². The minimum Gasteiger partial charge on any atom is -0.468 e. The number of amides is 1. The van der Waals surface area contributed by atoms with E-state index in [0.717, 1.165) is 11.1 Å². The number of benzene rings is 1. The zero-order valence-corrected chi connectivity index (χ0v) is 14.1. The summed E-state index contributed by atoms with van der Waals surface area (Å²) >= 11 is 0. The lowest BCUT2D eigenvalue weighted by Gasteiger charge is -2.36. The van der Waals surface area contributed by atoms with Crippen LogP contribution < -0.4 is 5.32 Å². The van der Waals surface area contributed by atoms with Gasteiger partial charge in [0.05, 0.1) is 7.11 Å². The van der Waals surface area contributed by atoms with E-state index < -0.39 is 11.9 Å². The summed E-state index contributed by atoms with van der Waals surface area (Å²) in [7, 11) is 1.30. The first-order valence-corrected chi connectivity index (χ1v) is 8.14. The lowest BCUT2D eigenvalue weighted by Crippen LogP contribution is -2.44. The topological polar surface area (TPSA) is 72.5 Å². The Balaban J connectivity index is 2.08. The molecule has 126 valence electrons. The highest BCUT2D eigenvalue weighted by molar-refractivity contribution is 6.11. The third-order valence-electron chi connectivity index (χ3n) is 4.90. The molecular weight excluding hydrogens is 306 g/mol. The molecule has 0 bridgehead atoms. The molecule has 0 fully saturated rings. The van der Waals surface area contributed by atoms with Gasteiger partial charge < -0.3 is 10.1 Å². The standard InChI is InChI=1S/C19H21NO4/c1-10-5-4-6-12(7-10)13-9-15(21)20-14-8-11(2)16(19(23)24-3)18(22)17(13)14/h4-7,11,13,16H,8-9H2,1-3H3,(H,20,21)/t11-,13-,16-/m1/s1. The molecule has 1 N–H and O–H groups in total. The van der Waals surface area contributed by atoms with Crippen LogP contribution in [0.25, 0.3) is 0 Å². The smallest absolute Gasteiger partial charge is 0.316 e. The van der Waals surface area contributed by atoms with E-state index in [-0.39, 0.29) is 29.9 Å². The lowest BCUT2D eigenvalue weighted by molar-refractivity contribution is -0.151. The highest BCUT2D eigenvalue weighted by Crippen LogP contribution is 2.42. The van der Waals surface area contributed by atoms with Gasteiger partial charge in [0.25, 0.3) is 0 Å². The van der Waals surface area contributed by atoms with E-state index in [1.165, 1.54) is 7.11 Å². The quantitative estimate of drug-likeness (QED) is 0.668. The first-order valence-electron chi connectivity index (χ1n) is 8.14. The number of ketones is 1. The average molecular weight is 327 g/mol. The van der Waals surface area contributed by atoms with Crippen molar-refractivity contribution in [1.82, 2.24) is 5.32 Å². The van der Waals surface area contributed by atoms with Gasteiger partial charge in [0.15, 0.2) is 5.78 Å². The summed E-state index contributed by atoms with van der Waals surface area (Å²) < 4.78 is 4.82. The summed E-state index contributed by atoms with van der Waals surface area (Å²) in [6, 6.07) is 7.82. The fraction of sp³-hybridized carbons (Fsp3) is 0.421. The van der Waals surface area contributed by atoms with Crippen LogP contribution in [0.1, 0.15) is 36.8 Å².